The van der Waals surface area contributed by atoms with Crippen LogP contribution in [0.2, 0.25) is 0 Å². The van der Waals surface area contributed by atoms with Gasteiger partial charge in [0, 0.05) is 0 Å². The zero-order valence-electron chi connectivity index (χ0n) is 18.0. The standard InChI is InChI=1S/C25H24N2O3S/c1-16-12-17(2)23-22(13-16)31-25(26-23)27(15-18-8-6-5-7-9-18)24(28)20-14-19(29-3)10-11-21(20)30-4/h5-14H,15H2,1-4H3. The average Bonchev–Trinajstić information content (AvgIpc) is 3.21. The number of thiazole rings is 1. The molecule has 0 N–H and O–H groups in total. The van der Waals surface area contributed by atoms with Crippen molar-refractivity contribution in [2.45, 2.75) is 20.4 Å². The first-order valence-electron chi connectivity index (χ1n) is 9.95. The SMILES string of the molecule is COc1ccc(OC)c(C(=O)N(Cc2ccccc2)c2nc3c(C)cc(C)cc3s2)c1. The molecule has 0 unspecified atom stereocenters. The van der Waals surface area contributed by atoms with Gasteiger partial charge in [0.1, 0.15) is 11.5 Å². The van der Waals surface area contributed by atoms with Gasteiger partial charge < -0.3 is 9.47 Å². The number of amides is 1. The highest BCUT2D eigenvalue weighted by Gasteiger charge is 2.25. The number of ether oxygens (including phenoxy) is 2. The second-order valence-electron chi connectivity index (χ2n) is 7.37. The maximum atomic E-state index is 13.8. The van der Waals surface area contributed by atoms with Crippen molar-refractivity contribution in [3.8, 4) is 11.5 Å². The minimum absolute atomic E-state index is 0.187. The van der Waals surface area contributed by atoms with Crippen LogP contribution in [0.3, 0.4) is 0 Å². The summed E-state index contributed by atoms with van der Waals surface area (Å²) in [6.45, 7) is 4.52. The highest BCUT2D eigenvalue weighted by Crippen LogP contribution is 2.35. The normalized spacial score (nSPS) is 10.8. The summed E-state index contributed by atoms with van der Waals surface area (Å²) in [7, 11) is 3.14. The number of anilines is 1. The van der Waals surface area contributed by atoms with Crippen LogP contribution in [-0.4, -0.2) is 25.1 Å². The van der Waals surface area contributed by atoms with E-state index in [0.29, 0.717) is 28.7 Å². The lowest BCUT2D eigenvalue weighted by Gasteiger charge is -2.21. The van der Waals surface area contributed by atoms with Crippen LogP contribution in [0.25, 0.3) is 10.2 Å². The fraction of sp³-hybridized carbons (Fsp3) is 0.200. The van der Waals surface area contributed by atoms with E-state index in [2.05, 4.69) is 19.1 Å². The molecular formula is C25H24N2O3S. The molecule has 0 saturated heterocycles. The van der Waals surface area contributed by atoms with Crippen molar-refractivity contribution >= 4 is 32.6 Å². The molecule has 5 nitrogen and oxygen atoms in total. The van der Waals surface area contributed by atoms with E-state index in [4.69, 9.17) is 14.5 Å². The van der Waals surface area contributed by atoms with Gasteiger partial charge in [-0.3, -0.25) is 9.69 Å². The Morgan fingerprint density at radius 3 is 2.48 bits per heavy atom. The minimum atomic E-state index is -0.187. The first-order valence-corrected chi connectivity index (χ1v) is 10.8. The molecule has 1 heterocycles. The fourth-order valence-electron chi connectivity index (χ4n) is 3.59. The third-order valence-corrected chi connectivity index (χ3v) is 6.14. The molecule has 0 radical (unpaired) electrons. The summed E-state index contributed by atoms with van der Waals surface area (Å²) in [6, 6.07) is 19.4. The monoisotopic (exact) mass is 432 g/mol. The minimum Gasteiger partial charge on any atom is -0.497 e. The van der Waals surface area contributed by atoms with Gasteiger partial charge in [-0.25, -0.2) is 4.98 Å². The second-order valence-corrected chi connectivity index (χ2v) is 8.38. The van der Waals surface area contributed by atoms with Crippen molar-refractivity contribution < 1.29 is 14.3 Å². The van der Waals surface area contributed by atoms with Crippen molar-refractivity contribution in [2.24, 2.45) is 0 Å². The van der Waals surface area contributed by atoms with Gasteiger partial charge >= 0.3 is 0 Å². The van der Waals surface area contributed by atoms with Crippen LogP contribution < -0.4 is 14.4 Å². The van der Waals surface area contributed by atoms with Crippen LogP contribution in [0, 0.1) is 13.8 Å². The molecule has 1 aromatic heterocycles. The zero-order chi connectivity index (χ0) is 22.0. The highest BCUT2D eigenvalue weighted by molar-refractivity contribution is 7.22. The van der Waals surface area contributed by atoms with E-state index in [9.17, 15) is 4.79 Å². The molecule has 0 aliphatic carbocycles. The first-order chi connectivity index (χ1) is 15.0. The number of aryl methyl sites for hydroxylation is 2. The molecule has 31 heavy (non-hydrogen) atoms. The molecule has 4 rings (SSSR count). The smallest absolute Gasteiger partial charge is 0.264 e. The summed E-state index contributed by atoms with van der Waals surface area (Å²) in [5.74, 6) is 0.907. The van der Waals surface area contributed by atoms with Crippen LogP contribution >= 0.6 is 11.3 Å². The molecule has 0 fully saturated rings. The van der Waals surface area contributed by atoms with E-state index in [0.717, 1.165) is 21.3 Å². The number of hydrogen-bond acceptors (Lipinski definition) is 5. The lowest BCUT2D eigenvalue weighted by Crippen LogP contribution is -2.30. The molecule has 158 valence electrons. The van der Waals surface area contributed by atoms with E-state index < -0.39 is 0 Å². The molecule has 0 spiro atoms. The number of hydrogen-bond donors (Lipinski definition) is 0. The summed E-state index contributed by atoms with van der Waals surface area (Å²) >= 11 is 1.52. The van der Waals surface area contributed by atoms with Crippen molar-refractivity contribution in [2.75, 3.05) is 19.1 Å². The maximum Gasteiger partial charge on any atom is 0.264 e. The van der Waals surface area contributed by atoms with Crippen molar-refractivity contribution in [3.63, 3.8) is 0 Å². The Kier molecular flexibility index (Phi) is 5.91. The lowest BCUT2D eigenvalue weighted by molar-refractivity contribution is 0.0982. The molecular weight excluding hydrogens is 408 g/mol. The van der Waals surface area contributed by atoms with Gasteiger partial charge in [0.25, 0.3) is 5.91 Å². The van der Waals surface area contributed by atoms with E-state index in [1.54, 1.807) is 37.3 Å². The van der Waals surface area contributed by atoms with Gasteiger partial charge in [-0.1, -0.05) is 47.7 Å². The van der Waals surface area contributed by atoms with Gasteiger partial charge in [-0.15, -0.1) is 0 Å². The molecule has 1 amide bonds. The van der Waals surface area contributed by atoms with E-state index in [1.165, 1.54) is 16.9 Å². The third-order valence-electron chi connectivity index (χ3n) is 5.12. The van der Waals surface area contributed by atoms with Crippen molar-refractivity contribution in [3.05, 3.63) is 82.9 Å². The number of carbonyl (C=O) groups excluding carboxylic acids is 1. The molecule has 0 aliphatic heterocycles. The number of methoxy groups -OCH3 is 2. The molecule has 0 saturated carbocycles. The number of benzene rings is 3. The summed E-state index contributed by atoms with van der Waals surface area (Å²) < 4.78 is 11.9. The number of nitrogens with zero attached hydrogens (tertiary/aromatic N) is 2. The van der Waals surface area contributed by atoms with Gasteiger partial charge in [0.2, 0.25) is 0 Å². The average molecular weight is 433 g/mol. The first kappa shape index (κ1) is 20.9. The number of rotatable bonds is 6. The molecule has 0 aliphatic rings. The molecule has 4 aromatic rings. The third kappa shape index (κ3) is 4.25. The Balaban J connectivity index is 1.84. The van der Waals surface area contributed by atoms with Crippen molar-refractivity contribution in [1.82, 2.24) is 4.98 Å². The van der Waals surface area contributed by atoms with Gasteiger partial charge in [0.05, 0.1) is 36.5 Å². The van der Waals surface area contributed by atoms with E-state index in [-0.39, 0.29) is 5.91 Å². The van der Waals surface area contributed by atoms with Gasteiger partial charge in [-0.05, 0) is 54.8 Å². The molecule has 0 atom stereocenters. The van der Waals surface area contributed by atoms with Gasteiger partial charge in [0.15, 0.2) is 5.13 Å². The highest BCUT2D eigenvalue weighted by atomic mass is 32.1. The van der Waals surface area contributed by atoms with Crippen LogP contribution in [0.1, 0.15) is 27.0 Å². The summed E-state index contributed by atoms with van der Waals surface area (Å²) in [5, 5.41) is 0.655. The van der Waals surface area contributed by atoms with Crippen LogP contribution in [0.4, 0.5) is 5.13 Å². The van der Waals surface area contributed by atoms with E-state index >= 15 is 0 Å². The van der Waals surface area contributed by atoms with Crippen molar-refractivity contribution in [1.29, 1.82) is 0 Å². The molecule has 3 aromatic carbocycles. The Hall–Kier alpha value is -3.38. The lowest BCUT2D eigenvalue weighted by atomic mass is 10.1. The number of fused-ring (bicyclic) bond motifs is 1. The van der Waals surface area contributed by atoms with Crippen LogP contribution in [-0.2, 0) is 6.54 Å². The predicted octanol–water partition coefficient (Wildman–Crippen LogP) is 5.78. The summed E-state index contributed by atoms with van der Waals surface area (Å²) in [4.78, 5) is 20.3. The van der Waals surface area contributed by atoms with Gasteiger partial charge in [-0.2, -0.15) is 0 Å². The number of aromatic nitrogens is 1. The Bertz CT molecular complexity index is 1230. The Morgan fingerprint density at radius 2 is 1.77 bits per heavy atom. The zero-order valence-corrected chi connectivity index (χ0v) is 18.8. The topological polar surface area (TPSA) is 51.7 Å². The number of carbonyl (C=O) groups is 1. The quantitative estimate of drug-likeness (QED) is 0.388. The van der Waals surface area contributed by atoms with Crippen LogP contribution in [0.5, 0.6) is 11.5 Å². The van der Waals surface area contributed by atoms with E-state index in [1.807, 2.05) is 37.3 Å². The maximum absolute atomic E-state index is 13.8. The second kappa shape index (κ2) is 8.78. The largest absolute Gasteiger partial charge is 0.497 e. The fourth-order valence-corrected chi connectivity index (χ4v) is 4.73. The molecule has 6 heteroatoms. The predicted molar refractivity (Wildman–Crippen MR) is 126 cm³/mol. The summed E-state index contributed by atoms with van der Waals surface area (Å²) in [5.41, 5.74) is 4.66. The van der Waals surface area contributed by atoms with Crippen LogP contribution in [0.15, 0.2) is 60.7 Å². The Morgan fingerprint density at radius 1 is 1.00 bits per heavy atom. The molecule has 0 bridgehead atoms. The Labute approximate surface area is 185 Å². The summed E-state index contributed by atoms with van der Waals surface area (Å²) in [6.07, 6.45) is 0.